The summed E-state index contributed by atoms with van der Waals surface area (Å²) in [5, 5.41) is 17.9. The molecule has 1 amide bonds. The van der Waals surface area contributed by atoms with E-state index in [-0.39, 0.29) is 17.4 Å². The zero-order valence-electron chi connectivity index (χ0n) is 17.8. The highest BCUT2D eigenvalue weighted by Gasteiger charge is 2.26. The summed E-state index contributed by atoms with van der Waals surface area (Å²) in [6.07, 6.45) is 2.84. The number of nitrogens with one attached hydrogen (secondary N) is 2. The maximum Gasteiger partial charge on any atom is 0.311 e. The average Bonchev–Trinajstić information content (AvgIpc) is 3.22. The molecule has 0 aliphatic carbocycles. The number of carbonyl (C=O) groups excluding carboxylic acids is 1. The normalized spacial score (nSPS) is 13.2. The first-order chi connectivity index (χ1) is 16.3. The second kappa shape index (κ2) is 10.1. The van der Waals surface area contributed by atoms with Crippen LogP contribution < -0.4 is 21.3 Å². The Morgan fingerprint density at radius 2 is 1.94 bits per heavy atom. The van der Waals surface area contributed by atoms with Crippen molar-refractivity contribution < 1.29 is 9.72 Å². The molecule has 3 heterocycles. The van der Waals surface area contributed by atoms with E-state index in [4.69, 9.17) is 28.9 Å². The zero-order chi connectivity index (χ0) is 24.2. The van der Waals surface area contributed by atoms with Crippen LogP contribution in [-0.4, -0.2) is 45.4 Å². The second-order valence-corrected chi connectivity index (χ2v) is 8.26. The van der Waals surface area contributed by atoms with Crippen LogP contribution in [0.25, 0.3) is 11.3 Å². The molecule has 0 atom stereocenters. The molecule has 1 aromatic carbocycles. The first-order valence-corrected chi connectivity index (χ1v) is 11.1. The Kier molecular flexibility index (Phi) is 6.94. The van der Waals surface area contributed by atoms with Gasteiger partial charge in [0.05, 0.1) is 21.8 Å². The van der Waals surface area contributed by atoms with Crippen molar-refractivity contribution in [2.45, 2.75) is 12.8 Å². The van der Waals surface area contributed by atoms with Crippen molar-refractivity contribution in [2.24, 2.45) is 0 Å². The van der Waals surface area contributed by atoms with Gasteiger partial charge in [0, 0.05) is 42.7 Å². The Labute approximate surface area is 204 Å². The van der Waals surface area contributed by atoms with Gasteiger partial charge in [-0.05, 0) is 30.7 Å². The maximum atomic E-state index is 12.4. The molecule has 1 aliphatic heterocycles. The first kappa shape index (κ1) is 23.5. The fourth-order valence-corrected chi connectivity index (χ4v) is 4.02. The predicted octanol–water partition coefficient (Wildman–Crippen LogP) is 3.99. The number of nitrogens with zero attached hydrogens (tertiary/aromatic N) is 5. The number of amides is 1. The third-order valence-electron chi connectivity index (χ3n) is 5.13. The Hall–Kier alpha value is -3.70. The molecule has 1 fully saturated rings. The number of anilines is 4. The number of nitro groups is 1. The van der Waals surface area contributed by atoms with Crippen LogP contribution in [0.15, 0.2) is 36.5 Å². The topological polar surface area (TPSA) is 152 Å². The van der Waals surface area contributed by atoms with Gasteiger partial charge >= 0.3 is 5.69 Å². The van der Waals surface area contributed by atoms with Crippen molar-refractivity contribution in [3.05, 3.63) is 56.7 Å². The van der Waals surface area contributed by atoms with E-state index in [1.165, 1.54) is 12.1 Å². The van der Waals surface area contributed by atoms with Gasteiger partial charge in [0.2, 0.25) is 17.7 Å². The van der Waals surface area contributed by atoms with E-state index in [0.717, 1.165) is 6.42 Å². The number of pyridine rings is 1. The average molecular weight is 503 g/mol. The quantitative estimate of drug-likeness (QED) is 0.235. The van der Waals surface area contributed by atoms with Gasteiger partial charge < -0.3 is 21.3 Å². The van der Waals surface area contributed by atoms with Gasteiger partial charge in [0.1, 0.15) is 11.5 Å². The molecule has 3 aromatic rings. The molecule has 1 aliphatic rings. The molecule has 176 valence electrons. The SMILES string of the molecule is Nc1nc(NCCNc2ncc(N3CCCC3=O)c(-c3ccc(Cl)cc3Cl)n2)ccc1[N+](=O)[O-]. The summed E-state index contributed by atoms with van der Waals surface area (Å²) in [7, 11) is 0. The molecule has 13 heteroatoms. The molecule has 0 unspecified atom stereocenters. The highest BCUT2D eigenvalue weighted by atomic mass is 35.5. The lowest BCUT2D eigenvalue weighted by molar-refractivity contribution is -0.384. The smallest absolute Gasteiger partial charge is 0.311 e. The van der Waals surface area contributed by atoms with Gasteiger partial charge in [0.15, 0.2) is 0 Å². The molecular formula is C21H20Cl2N8O3. The molecular weight excluding hydrogens is 483 g/mol. The standard InChI is InChI=1S/C21H20Cl2N8O3/c22-12-3-4-13(14(23)10-12)19-16(30-9-1-2-18(30)32)11-27-21(29-19)26-8-7-25-17-6-5-15(31(33)34)20(24)28-17/h3-6,10-11H,1-2,7-9H2,(H3,24,25,28)(H,26,27,29). The zero-order valence-corrected chi connectivity index (χ0v) is 19.3. The Morgan fingerprint density at radius 3 is 2.62 bits per heavy atom. The van der Waals surface area contributed by atoms with Gasteiger partial charge in [-0.25, -0.2) is 15.0 Å². The fraction of sp³-hybridized carbons (Fsp3) is 0.238. The van der Waals surface area contributed by atoms with E-state index in [9.17, 15) is 14.9 Å². The number of aromatic nitrogens is 3. The Morgan fingerprint density at radius 1 is 1.15 bits per heavy atom. The predicted molar refractivity (Wildman–Crippen MR) is 131 cm³/mol. The van der Waals surface area contributed by atoms with Gasteiger partial charge in [-0.1, -0.05) is 23.2 Å². The molecule has 0 spiro atoms. The number of hydrogen-bond acceptors (Lipinski definition) is 9. The highest BCUT2D eigenvalue weighted by molar-refractivity contribution is 6.36. The number of halogens is 2. The Bertz CT molecular complexity index is 1260. The van der Waals surface area contributed by atoms with Crippen molar-refractivity contribution >= 4 is 58.1 Å². The molecule has 1 saturated heterocycles. The minimum Gasteiger partial charge on any atom is -0.378 e. The van der Waals surface area contributed by atoms with Gasteiger partial charge in [-0.15, -0.1) is 0 Å². The number of nitrogen functional groups attached to an aromatic ring is 1. The summed E-state index contributed by atoms with van der Waals surface area (Å²) in [5.41, 5.74) is 7.10. The van der Waals surface area contributed by atoms with Gasteiger partial charge in [0.25, 0.3) is 0 Å². The summed E-state index contributed by atoms with van der Waals surface area (Å²) >= 11 is 12.5. The lowest BCUT2D eigenvalue weighted by Gasteiger charge is -2.20. The molecule has 4 N–H and O–H groups in total. The summed E-state index contributed by atoms with van der Waals surface area (Å²) in [6.45, 7) is 1.41. The van der Waals surface area contributed by atoms with Crippen molar-refractivity contribution in [1.29, 1.82) is 0 Å². The van der Waals surface area contributed by atoms with Crippen molar-refractivity contribution in [2.75, 3.05) is 40.9 Å². The molecule has 34 heavy (non-hydrogen) atoms. The largest absolute Gasteiger partial charge is 0.378 e. The minimum absolute atomic E-state index is 0.00900. The van der Waals surface area contributed by atoms with Crippen LogP contribution in [0.3, 0.4) is 0 Å². The summed E-state index contributed by atoms with van der Waals surface area (Å²) in [4.78, 5) is 37.2. The minimum atomic E-state index is -0.588. The van der Waals surface area contributed by atoms with Crippen LogP contribution in [0.4, 0.5) is 29.0 Å². The van der Waals surface area contributed by atoms with Crippen LogP contribution in [0.5, 0.6) is 0 Å². The molecule has 0 saturated carbocycles. The van der Waals surface area contributed by atoms with E-state index in [2.05, 4.69) is 25.6 Å². The number of benzene rings is 1. The first-order valence-electron chi connectivity index (χ1n) is 10.3. The van der Waals surface area contributed by atoms with E-state index in [1.807, 2.05) is 0 Å². The van der Waals surface area contributed by atoms with E-state index in [0.29, 0.717) is 64.8 Å². The second-order valence-electron chi connectivity index (χ2n) is 7.41. The van der Waals surface area contributed by atoms with Crippen molar-refractivity contribution in [1.82, 2.24) is 15.0 Å². The van der Waals surface area contributed by atoms with Gasteiger partial charge in [-0.2, -0.15) is 0 Å². The lowest BCUT2D eigenvalue weighted by atomic mass is 10.1. The molecule has 11 nitrogen and oxygen atoms in total. The summed E-state index contributed by atoms with van der Waals surface area (Å²) in [6, 6.07) is 7.86. The van der Waals surface area contributed by atoms with Crippen molar-refractivity contribution in [3.8, 4) is 11.3 Å². The van der Waals surface area contributed by atoms with Gasteiger partial charge in [-0.3, -0.25) is 14.9 Å². The number of hydrogen-bond donors (Lipinski definition) is 3. The number of rotatable bonds is 8. The highest BCUT2D eigenvalue weighted by Crippen LogP contribution is 2.37. The third-order valence-corrected chi connectivity index (χ3v) is 5.68. The molecule has 0 radical (unpaired) electrons. The van der Waals surface area contributed by atoms with Crippen LogP contribution in [0.1, 0.15) is 12.8 Å². The molecule has 0 bridgehead atoms. The third kappa shape index (κ3) is 5.10. The lowest BCUT2D eigenvalue weighted by Crippen LogP contribution is -2.25. The molecule has 4 rings (SSSR count). The van der Waals surface area contributed by atoms with Crippen LogP contribution in [0, 0.1) is 10.1 Å². The van der Waals surface area contributed by atoms with Crippen molar-refractivity contribution in [3.63, 3.8) is 0 Å². The van der Waals surface area contributed by atoms with E-state index < -0.39 is 4.92 Å². The Balaban J connectivity index is 1.50. The molecule has 2 aromatic heterocycles. The number of carbonyl (C=O) groups is 1. The van der Waals surface area contributed by atoms with Crippen LogP contribution in [0.2, 0.25) is 10.0 Å². The van der Waals surface area contributed by atoms with Crippen LogP contribution in [-0.2, 0) is 4.79 Å². The van der Waals surface area contributed by atoms with E-state index >= 15 is 0 Å². The fourth-order valence-electron chi connectivity index (χ4n) is 3.53. The summed E-state index contributed by atoms with van der Waals surface area (Å²) in [5.74, 6) is 0.592. The maximum absolute atomic E-state index is 12.4. The summed E-state index contributed by atoms with van der Waals surface area (Å²) < 4.78 is 0. The van der Waals surface area contributed by atoms with E-state index in [1.54, 1.807) is 29.3 Å². The number of nitrogens with two attached hydrogens (primary N) is 1. The van der Waals surface area contributed by atoms with Crippen LogP contribution >= 0.6 is 23.2 Å². The monoisotopic (exact) mass is 502 g/mol.